The molecule has 0 saturated heterocycles. The normalized spacial score (nSPS) is 14.2. The van der Waals surface area contributed by atoms with E-state index >= 15 is 0 Å². The molecule has 0 aliphatic rings. The highest BCUT2D eigenvalue weighted by molar-refractivity contribution is 7.13. The summed E-state index contributed by atoms with van der Waals surface area (Å²) >= 11 is 0.816. The molecule has 7 nitrogen and oxygen atoms in total. The fraction of sp³-hybridized carbons (Fsp3) is 0.375. The van der Waals surface area contributed by atoms with Gasteiger partial charge in [0.1, 0.15) is 16.0 Å². The monoisotopic (exact) mass is 246 g/mol. The predicted molar refractivity (Wildman–Crippen MR) is 53.6 cm³/mol. The summed E-state index contributed by atoms with van der Waals surface area (Å²) in [4.78, 5) is 25.5. The zero-order chi connectivity index (χ0) is 12.3. The van der Waals surface area contributed by atoms with E-state index in [0.29, 0.717) is 0 Å². The summed E-state index contributed by atoms with van der Waals surface area (Å²) in [6, 6.07) is 0. The van der Waals surface area contributed by atoms with Crippen LogP contribution in [-0.2, 0) is 9.53 Å². The first-order chi connectivity index (χ1) is 7.47. The Bertz CT molecular complexity index is 405. The Morgan fingerprint density at radius 3 is 2.69 bits per heavy atom. The molecule has 0 saturated carbocycles. The van der Waals surface area contributed by atoms with Crippen molar-refractivity contribution < 1.29 is 24.5 Å². The highest BCUT2D eigenvalue weighted by atomic mass is 32.1. The van der Waals surface area contributed by atoms with Crippen LogP contribution in [-0.4, -0.2) is 40.3 Å². The molecule has 8 heteroatoms. The van der Waals surface area contributed by atoms with Crippen LogP contribution in [0.5, 0.6) is 0 Å². The lowest BCUT2D eigenvalue weighted by molar-refractivity contribution is -0.131. The van der Waals surface area contributed by atoms with E-state index in [1.807, 2.05) is 0 Å². The Hall–Kier alpha value is -1.51. The molecule has 0 aliphatic heterocycles. The van der Waals surface area contributed by atoms with Gasteiger partial charge in [-0.25, -0.2) is 9.78 Å². The average Bonchev–Trinajstić information content (AvgIpc) is 2.75. The van der Waals surface area contributed by atoms with Crippen molar-refractivity contribution in [1.82, 2.24) is 4.98 Å². The van der Waals surface area contributed by atoms with E-state index in [4.69, 9.17) is 5.73 Å². The van der Waals surface area contributed by atoms with Gasteiger partial charge in [-0.05, 0) is 0 Å². The number of aromatic nitrogens is 1. The van der Waals surface area contributed by atoms with Gasteiger partial charge >= 0.3 is 5.97 Å². The van der Waals surface area contributed by atoms with Crippen LogP contribution < -0.4 is 5.73 Å². The molecule has 0 radical (unpaired) electrons. The molecule has 2 atom stereocenters. The van der Waals surface area contributed by atoms with Crippen molar-refractivity contribution in [3.05, 3.63) is 16.1 Å². The lowest BCUT2D eigenvalue weighted by atomic mass is 10.2. The number of hydrogen-bond acceptors (Lipinski definition) is 7. The number of ether oxygens (including phenoxy) is 1. The smallest absolute Gasteiger partial charge is 0.349 e. The summed E-state index contributed by atoms with van der Waals surface area (Å²) in [5.74, 6) is -1.67. The summed E-state index contributed by atoms with van der Waals surface area (Å²) in [5, 5.41) is 18.7. The third kappa shape index (κ3) is 2.54. The zero-order valence-electron chi connectivity index (χ0n) is 8.28. The lowest BCUT2D eigenvalue weighted by Crippen LogP contribution is -2.33. The Labute approximate surface area is 94.5 Å². The third-order valence-electron chi connectivity index (χ3n) is 1.75. The minimum absolute atomic E-state index is 0.0201. The maximum absolute atomic E-state index is 11.1. The van der Waals surface area contributed by atoms with Gasteiger partial charge in [-0.15, -0.1) is 11.3 Å². The second-order valence-corrected chi connectivity index (χ2v) is 3.91. The van der Waals surface area contributed by atoms with Crippen molar-refractivity contribution in [2.24, 2.45) is 5.73 Å². The molecule has 16 heavy (non-hydrogen) atoms. The number of primary amides is 1. The first kappa shape index (κ1) is 12.6. The number of carbonyl (C=O) groups excluding carboxylic acids is 2. The van der Waals surface area contributed by atoms with E-state index in [1.54, 1.807) is 0 Å². The largest absolute Gasteiger partial charge is 0.465 e. The maximum Gasteiger partial charge on any atom is 0.349 e. The molecule has 4 N–H and O–H groups in total. The van der Waals surface area contributed by atoms with Gasteiger partial charge in [0.2, 0.25) is 5.91 Å². The minimum atomic E-state index is -1.75. The molecule has 2 unspecified atom stereocenters. The molecule has 0 spiro atoms. The number of nitrogens with zero attached hydrogens (tertiary/aromatic N) is 1. The van der Waals surface area contributed by atoms with Crippen LogP contribution in [0, 0.1) is 0 Å². The number of amides is 1. The number of rotatable bonds is 4. The Balaban J connectivity index is 2.85. The highest BCUT2D eigenvalue weighted by Gasteiger charge is 2.27. The van der Waals surface area contributed by atoms with Crippen LogP contribution in [0.2, 0.25) is 0 Å². The van der Waals surface area contributed by atoms with E-state index in [9.17, 15) is 19.8 Å². The highest BCUT2D eigenvalue weighted by Crippen LogP contribution is 2.23. The van der Waals surface area contributed by atoms with Crippen molar-refractivity contribution in [2.75, 3.05) is 7.11 Å². The first-order valence-corrected chi connectivity index (χ1v) is 4.98. The number of aliphatic hydroxyl groups excluding tert-OH is 2. The van der Waals surface area contributed by atoms with Crippen LogP contribution in [0.4, 0.5) is 0 Å². The summed E-state index contributed by atoms with van der Waals surface area (Å²) in [7, 11) is 1.20. The summed E-state index contributed by atoms with van der Waals surface area (Å²) in [5.41, 5.74) is 4.80. The summed E-state index contributed by atoms with van der Waals surface area (Å²) in [6.45, 7) is 0. The van der Waals surface area contributed by atoms with Gasteiger partial charge in [0, 0.05) is 0 Å². The van der Waals surface area contributed by atoms with E-state index < -0.39 is 24.1 Å². The van der Waals surface area contributed by atoms with Gasteiger partial charge in [0.05, 0.1) is 13.3 Å². The lowest BCUT2D eigenvalue weighted by Gasteiger charge is -2.11. The van der Waals surface area contributed by atoms with Crippen LogP contribution in [0.15, 0.2) is 6.20 Å². The van der Waals surface area contributed by atoms with Crippen molar-refractivity contribution in [1.29, 1.82) is 0 Å². The maximum atomic E-state index is 11.1. The Kier molecular flexibility index (Phi) is 3.93. The standard InChI is InChI=1S/C8H10N2O5S/c1-15-8(14)3-2-10-7(16-3)5(12)4(11)6(9)13/h2,4-5,11-12H,1H3,(H2,9,13). The molecule has 88 valence electrons. The van der Waals surface area contributed by atoms with Gasteiger partial charge in [0.25, 0.3) is 0 Å². The van der Waals surface area contributed by atoms with Crippen molar-refractivity contribution in [3.8, 4) is 0 Å². The van der Waals surface area contributed by atoms with Crippen LogP contribution in [0.1, 0.15) is 20.8 Å². The molecular weight excluding hydrogens is 236 g/mol. The predicted octanol–water partition coefficient (Wildman–Crippen LogP) is -1.19. The van der Waals surface area contributed by atoms with Crippen molar-refractivity contribution in [2.45, 2.75) is 12.2 Å². The van der Waals surface area contributed by atoms with Gasteiger partial charge in [-0.3, -0.25) is 4.79 Å². The topological polar surface area (TPSA) is 123 Å². The second kappa shape index (κ2) is 5.01. The fourth-order valence-electron chi connectivity index (χ4n) is 0.910. The van der Waals surface area contributed by atoms with E-state index in [0.717, 1.165) is 11.3 Å². The number of nitrogens with two attached hydrogens (primary N) is 1. The second-order valence-electron chi connectivity index (χ2n) is 2.85. The number of carbonyl (C=O) groups is 2. The van der Waals surface area contributed by atoms with E-state index in [1.165, 1.54) is 13.3 Å². The summed E-state index contributed by atoms with van der Waals surface area (Å²) < 4.78 is 4.43. The molecular formula is C8H10N2O5S. The Morgan fingerprint density at radius 1 is 1.56 bits per heavy atom. The van der Waals surface area contributed by atoms with Gasteiger partial charge in [-0.1, -0.05) is 0 Å². The number of esters is 1. The van der Waals surface area contributed by atoms with Crippen LogP contribution in [0.3, 0.4) is 0 Å². The molecule has 0 fully saturated rings. The van der Waals surface area contributed by atoms with E-state index in [-0.39, 0.29) is 9.88 Å². The van der Waals surface area contributed by atoms with Crippen LogP contribution in [0.25, 0.3) is 0 Å². The molecule has 0 bridgehead atoms. The minimum Gasteiger partial charge on any atom is -0.465 e. The Morgan fingerprint density at radius 2 is 2.19 bits per heavy atom. The number of aliphatic hydroxyl groups is 2. The van der Waals surface area contributed by atoms with Gasteiger partial charge < -0.3 is 20.7 Å². The van der Waals surface area contributed by atoms with E-state index in [2.05, 4.69) is 9.72 Å². The van der Waals surface area contributed by atoms with Crippen LogP contribution >= 0.6 is 11.3 Å². The molecule has 1 aromatic rings. The third-order valence-corrected chi connectivity index (χ3v) is 2.80. The molecule has 0 aromatic carbocycles. The van der Waals surface area contributed by atoms with Gasteiger partial charge in [0.15, 0.2) is 6.10 Å². The molecule has 1 amide bonds. The van der Waals surface area contributed by atoms with Gasteiger partial charge in [-0.2, -0.15) is 0 Å². The number of hydrogen-bond donors (Lipinski definition) is 3. The fourth-order valence-corrected chi connectivity index (χ4v) is 1.76. The van der Waals surface area contributed by atoms with Crippen molar-refractivity contribution >= 4 is 23.2 Å². The zero-order valence-corrected chi connectivity index (χ0v) is 9.10. The first-order valence-electron chi connectivity index (χ1n) is 4.17. The molecule has 1 aromatic heterocycles. The molecule has 0 aliphatic carbocycles. The van der Waals surface area contributed by atoms with Crippen molar-refractivity contribution in [3.63, 3.8) is 0 Å². The molecule has 1 heterocycles. The number of thiazole rings is 1. The number of methoxy groups -OCH3 is 1. The summed E-state index contributed by atoms with van der Waals surface area (Å²) in [6.07, 6.45) is -2.11. The average molecular weight is 246 g/mol. The SMILES string of the molecule is COC(=O)c1cnc(C(O)C(O)C(N)=O)s1. The molecule has 1 rings (SSSR count). The quantitative estimate of drug-likeness (QED) is 0.574.